The smallest absolute Gasteiger partial charge is 0.0187 e. The lowest BCUT2D eigenvalue weighted by molar-refractivity contribution is 1.28. The van der Waals surface area contributed by atoms with Crippen molar-refractivity contribution >= 4 is 11.8 Å². The predicted octanol–water partition coefficient (Wildman–Crippen LogP) is 6.54. The zero-order valence-electron chi connectivity index (χ0n) is 14.0. The van der Waals surface area contributed by atoms with Crippen LogP contribution >= 0.6 is 11.8 Å². The largest absolute Gasteiger partial charge is 0.152 e. The summed E-state index contributed by atoms with van der Waals surface area (Å²) in [6.07, 6.45) is 2.89. The molecule has 0 saturated heterocycles. The van der Waals surface area contributed by atoms with Gasteiger partial charge in [-0.3, -0.25) is 0 Å². The topological polar surface area (TPSA) is 0 Å². The zero-order chi connectivity index (χ0) is 16.9. The summed E-state index contributed by atoms with van der Waals surface area (Å²) in [6.45, 7) is 3.66. The van der Waals surface area contributed by atoms with Gasteiger partial charge in [-0.2, -0.15) is 11.8 Å². The predicted molar refractivity (Wildman–Crippen MR) is 108 cm³/mol. The van der Waals surface area contributed by atoms with Crippen LogP contribution < -0.4 is 0 Å². The van der Waals surface area contributed by atoms with E-state index in [1.807, 2.05) is 36.0 Å². The quantitative estimate of drug-likeness (QED) is 0.462. The van der Waals surface area contributed by atoms with E-state index in [1.165, 1.54) is 16.7 Å². The molecular weight excluding hydrogens is 308 g/mol. The van der Waals surface area contributed by atoms with Crippen molar-refractivity contribution in [1.82, 2.24) is 0 Å². The van der Waals surface area contributed by atoms with Crippen LogP contribution in [0, 0.1) is 0 Å². The van der Waals surface area contributed by atoms with Gasteiger partial charge in [0.15, 0.2) is 0 Å². The number of thioether (sulfide) groups is 1. The molecule has 0 radical (unpaired) electrons. The minimum absolute atomic E-state index is 0.973. The number of hydrogen-bond acceptors (Lipinski definition) is 1. The van der Waals surface area contributed by atoms with E-state index in [0.29, 0.717) is 0 Å². The van der Waals surface area contributed by atoms with Gasteiger partial charge in [0.25, 0.3) is 0 Å². The van der Waals surface area contributed by atoms with Gasteiger partial charge in [-0.05, 0) is 23.1 Å². The average Bonchev–Trinajstić information content (AvgIpc) is 2.65. The molecule has 122 valence electrons. The minimum atomic E-state index is 0.973. The maximum absolute atomic E-state index is 3.66. The SMILES string of the molecule is C=CCc1ccccc1.c1ccc(CSCc2ccccc2)cc1. The molecule has 0 aliphatic heterocycles. The van der Waals surface area contributed by atoms with Crippen LogP contribution in [0.3, 0.4) is 0 Å². The first kappa shape index (κ1) is 18.1. The van der Waals surface area contributed by atoms with Crippen LogP contribution in [0.4, 0.5) is 0 Å². The Morgan fingerprint density at radius 1 is 0.583 bits per heavy atom. The summed E-state index contributed by atoms with van der Waals surface area (Å²) in [7, 11) is 0. The second-order valence-electron chi connectivity index (χ2n) is 5.44. The van der Waals surface area contributed by atoms with Crippen LogP contribution in [0.5, 0.6) is 0 Å². The molecule has 0 atom stereocenters. The molecule has 3 aromatic rings. The third-order valence-electron chi connectivity index (χ3n) is 3.45. The molecule has 0 amide bonds. The Bertz CT molecular complexity index is 636. The van der Waals surface area contributed by atoms with Gasteiger partial charge in [-0.15, -0.1) is 6.58 Å². The van der Waals surface area contributed by atoms with Crippen LogP contribution in [-0.4, -0.2) is 0 Å². The Labute approximate surface area is 150 Å². The van der Waals surface area contributed by atoms with Gasteiger partial charge in [0, 0.05) is 11.5 Å². The van der Waals surface area contributed by atoms with Crippen molar-refractivity contribution in [3.63, 3.8) is 0 Å². The molecule has 0 bridgehead atoms. The maximum atomic E-state index is 3.66. The molecule has 0 saturated carbocycles. The summed E-state index contributed by atoms with van der Waals surface area (Å²) in [6, 6.07) is 31.5. The van der Waals surface area contributed by atoms with Crippen LogP contribution in [-0.2, 0) is 17.9 Å². The summed E-state index contributed by atoms with van der Waals surface area (Å²) in [5, 5.41) is 0. The van der Waals surface area contributed by atoms with E-state index < -0.39 is 0 Å². The lowest BCUT2D eigenvalue weighted by Crippen LogP contribution is -1.82. The van der Waals surface area contributed by atoms with E-state index in [1.54, 1.807) is 0 Å². The number of rotatable bonds is 6. The molecule has 3 aromatic carbocycles. The normalized spacial score (nSPS) is 9.67. The van der Waals surface area contributed by atoms with E-state index in [2.05, 4.69) is 79.4 Å². The second-order valence-corrected chi connectivity index (χ2v) is 6.43. The van der Waals surface area contributed by atoms with E-state index in [4.69, 9.17) is 0 Å². The highest BCUT2D eigenvalue weighted by molar-refractivity contribution is 7.97. The Morgan fingerprint density at radius 3 is 1.33 bits per heavy atom. The fourth-order valence-electron chi connectivity index (χ4n) is 2.22. The van der Waals surface area contributed by atoms with E-state index >= 15 is 0 Å². The molecule has 0 fully saturated rings. The second kappa shape index (κ2) is 11.3. The lowest BCUT2D eigenvalue weighted by atomic mass is 10.2. The van der Waals surface area contributed by atoms with E-state index in [9.17, 15) is 0 Å². The molecule has 0 aliphatic carbocycles. The van der Waals surface area contributed by atoms with Gasteiger partial charge in [-0.1, -0.05) is 97.1 Å². The van der Waals surface area contributed by atoms with Gasteiger partial charge >= 0.3 is 0 Å². The zero-order valence-corrected chi connectivity index (χ0v) is 14.8. The molecule has 0 heterocycles. The first-order valence-corrected chi connectivity index (χ1v) is 9.34. The molecule has 1 heteroatoms. The third kappa shape index (κ3) is 7.34. The summed E-state index contributed by atoms with van der Waals surface area (Å²) in [5.74, 6) is 2.19. The Hall–Kier alpha value is -2.25. The number of hydrogen-bond donors (Lipinski definition) is 0. The molecule has 24 heavy (non-hydrogen) atoms. The standard InChI is InChI=1S/C14H14S.C9H10/c1-3-7-13(8-4-1)11-15-12-14-9-5-2-6-10-14;1-2-6-9-7-4-3-5-8-9/h1-10H,11-12H2;2-5,7-8H,1,6H2. The Morgan fingerprint density at radius 2 is 0.958 bits per heavy atom. The van der Waals surface area contributed by atoms with Gasteiger partial charge < -0.3 is 0 Å². The van der Waals surface area contributed by atoms with Crippen molar-refractivity contribution in [3.8, 4) is 0 Å². The van der Waals surface area contributed by atoms with Crippen molar-refractivity contribution in [2.24, 2.45) is 0 Å². The highest BCUT2D eigenvalue weighted by atomic mass is 32.2. The van der Waals surface area contributed by atoms with Crippen molar-refractivity contribution in [2.45, 2.75) is 17.9 Å². The van der Waals surface area contributed by atoms with E-state index in [-0.39, 0.29) is 0 Å². The van der Waals surface area contributed by atoms with Gasteiger partial charge in [0.1, 0.15) is 0 Å². The maximum Gasteiger partial charge on any atom is 0.0187 e. The van der Waals surface area contributed by atoms with Crippen LogP contribution in [0.25, 0.3) is 0 Å². The Kier molecular flexibility index (Phi) is 8.53. The summed E-state index contributed by atoms with van der Waals surface area (Å²) in [4.78, 5) is 0. The van der Waals surface area contributed by atoms with Crippen molar-refractivity contribution in [3.05, 3.63) is 120 Å². The van der Waals surface area contributed by atoms with E-state index in [0.717, 1.165) is 17.9 Å². The van der Waals surface area contributed by atoms with Gasteiger partial charge in [0.05, 0.1) is 0 Å². The molecule has 0 aromatic heterocycles. The molecule has 3 rings (SSSR count). The highest BCUT2D eigenvalue weighted by Crippen LogP contribution is 2.17. The molecule has 0 unspecified atom stereocenters. The monoisotopic (exact) mass is 332 g/mol. The number of benzene rings is 3. The minimum Gasteiger partial charge on any atom is -0.152 e. The summed E-state index contributed by atoms with van der Waals surface area (Å²) >= 11 is 1.96. The number of allylic oxidation sites excluding steroid dienone is 1. The van der Waals surface area contributed by atoms with Crippen molar-refractivity contribution in [2.75, 3.05) is 0 Å². The fraction of sp³-hybridized carbons (Fsp3) is 0.130. The Balaban J connectivity index is 0.000000198. The highest BCUT2D eigenvalue weighted by Gasteiger charge is 1.93. The molecule has 0 spiro atoms. The van der Waals surface area contributed by atoms with Gasteiger partial charge in [0.2, 0.25) is 0 Å². The molecular formula is C23H24S. The van der Waals surface area contributed by atoms with Crippen LogP contribution in [0.2, 0.25) is 0 Å². The fourth-order valence-corrected chi connectivity index (χ4v) is 3.17. The molecule has 0 aliphatic rings. The average molecular weight is 333 g/mol. The molecule has 0 nitrogen and oxygen atoms in total. The van der Waals surface area contributed by atoms with Crippen LogP contribution in [0.1, 0.15) is 16.7 Å². The first-order chi connectivity index (χ1) is 11.9. The van der Waals surface area contributed by atoms with Crippen molar-refractivity contribution in [1.29, 1.82) is 0 Å². The third-order valence-corrected chi connectivity index (χ3v) is 4.52. The first-order valence-electron chi connectivity index (χ1n) is 8.19. The lowest BCUT2D eigenvalue weighted by Gasteiger charge is -2.01. The summed E-state index contributed by atoms with van der Waals surface area (Å²) in [5.41, 5.74) is 4.13. The molecule has 0 N–H and O–H groups in total. The van der Waals surface area contributed by atoms with Crippen LogP contribution in [0.15, 0.2) is 104 Å². The van der Waals surface area contributed by atoms with Gasteiger partial charge in [-0.25, -0.2) is 0 Å². The summed E-state index contributed by atoms with van der Waals surface area (Å²) < 4.78 is 0. The van der Waals surface area contributed by atoms with Crippen molar-refractivity contribution < 1.29 is 0 Å².